The van der Waals surface area contributed by atoms with Crippen LogP contribution in [0.5, 0.6) is 0 Å². The molecule has 0 saturated heterocycles. The molecule has 0 aliphatic carbocycles. The summed E-state index contributed by atoms with van der Waals surface area (Å²) in [4.78, 5) is 15.4. The summed E-state index contributed by atoms with van der Waals surface area (Å²) in [5.74, 6) is -0.882. The topological polar surface area (TPSA) is 67.5 Å². The summed E-state index contributed by atoms with van der Waals surface area (Å²) in [5, 5.41) is 14.9. The maximum Gasteiger partial charge on any atom is 0.313 e. The van der Waals surface area contributed by atoms with Gasteiger partial charge in [0, 0.05) is 16.3 Å². The monoisotopic (exact) mass is 347 g/mol. The first kappa shape index (κ1) is 15.8. The van der Waals surface area contributed by atoms with Crippen molar-refractivity contribution in [1.82, 2.24) is 14.6 Å². The fourth-order valence-corrected chi connectivity index (χ4v) is 3.30. The normalized spacial score (nSPS) is 11.1. The van der Waals surface area contributed by atoms with Crippen LogP contribution in [0.4, 0.5) is 0 Å². The van der Waals surface area contributed by atoms with E-state index in [0.29, 0.717) is 5.02 Å². The number of hydrogen-bond donors (Lipinski definition) is 1. The molecule has 0 unspecified atom stereocenters. The first-order chi connectivity index (χ1) is 11.0. The predicted molar refractivity (Wildman–Crippen MR) is 91.3 cm³/mol. The Kier molecular flexibility index (Phi) is 4.28. The van der Waals surface area contributed by atoms with Gasteiger partial charge in [0.15, 0.2) is 5.65 Å². The van der Waals surface area contributed by atoms with E-state index in [2.05, 4.69) is 10.1 Å². The molecular weight excluding hydrogens is 334 g/mol. The zero-order valence-corrected chi connectivity index (χ0v) is 14.1. The highest BCUT2D eigenvalue weighted by molar-refractivity contribution is 7.99. The molecule has 1 aromatic carbocycles. The van der Waals surface area contributed by atoms with E-state index in [1.165, 1.54) is 11.8 Å². The molecule has 1 N–H and O–H groups in total. The molecule has 3 rings (SSSR count). The third-order valence-electron chi connectivity index (χ3n) is 3.34. The number of thioether (sulfide) groups is 1. The maximum absolute atomic E-state index is 10.8. The van der Waals surface area contributed by atoms with Gasteiger partial charge in [-0.25, -0.2) is 9.50 Å². The summed E-state index contributed by atoms with van der Waals surface area (Å²) in [6, 6.07) is 9.37. The lowest BCUT2D eigenvalue weighted by molar-refractivity contribution is -0.133. The van der Waals surface area contributed by atoms with Gasteiger partial charge < -0.3 is 5.11 Å². The smallest absolute Gasteiger partial charge is 0.313 e. The lowest BCUT2D eigenvalue weighted by Gasteiger charge is -2.05. The highest BCUT2D eigenvalue weighted by Gasteiger charge is 2.16. The first-order valence-electron chi connectivity index (χ1n) is 6.93. The van der Waals surface area contributed by atoms with E-state index < -0.39 is 5.97 Å². The Bertz CT molecular complexity index is 890. The van der Waals surface area contributed by atoms with Gasteiger partial charge in [0.05, 0.1) is 11.4 Å². The van der Waals surface area contributed by atoms with E-state index >= 15 is 0 Å². The summed E-state index contributed by atoms with van der Waals surface area (Å²) >= 11 is 7.19. The van der Waals surface area contributed by atoms with Gasteiger partial charge in [-0.3, -0.25) is 4.79 Å². The molecule has 0 bridgehead atoms. The second kappa shape index (κ2) is 6.22. The Balaban J connectivity index is 2.18. The molecule has 2 aromatic heterocycles. The SMILES string of the molecule is Cc1cc(SCC(=O)O)n2nc(C)c(-c3ccc(Cl)cc3)c2n1. The van der Waals surface area contributed by atoms with Gasteiger partial charge in [-0.2, -0.15) is 5.10 Å². The highest BCUT2D eigenvalue weighted by Crippen LogP contribution is 2.31. The lowest BCUT2D eigenvalue weighted by Crippen LogP contribution is -2.02. The van der Waals surface area contributed by atoms with Gasteiger partial charge >= 0.3 is 5.97 Å². The van der Waals surface area contributed by atoms with Crippen LogP contribution in [0.25, 0.3) is 16.8 Å². The lowest BCUT2D eigenvalue weighted by atomic mass is 10.1. The fraction of sp³-hybridized carbons (Fsp3) is 0.188. The minimum Gasteiger partial charge on any atom is -0.481 e. The third kappa shape index (κ3) is 3.18. The number of rotatable bonds is 4. The van der Waals surface area contributed by atoms with E-state index in [-0.39, 0.29) is 5.75 Å². The van der Waals surface area contributed by atoms with Crippen LogP contribution in [0.3, 0.4) is 0 Å². The zero-order chi connectivity index (χ0) is 16.6. The summed E-state index contributed by atoms with van der Waals surface area (Å²) in [6.45, 7) is 3.80. The number of benzene rings is 1. The minimum atomic E-state index is -0.862. The van der Waals surface area contributed by atoms with Gasteiger partial charge in [0.25, 0.3) is 0 Å². The van der Waals surface area contributed by atoms with Crippen LogP contribution in [0, 0.1) is 13.8 Å². The van der Waals surface area contributed by atoms with Crippen LogP contribution in [0.15, 0.2) is 35.4 Å². The Morgan fingerprint density at radius 2 is 2.00 bits per heavy atom. The Hall–Kier alpha value is -2.05. The molecule has 0 aliphatic rings. The number of carboxylic acid groups (broad SMARTS) is 1. The number of aromatic nitrogens is 3. The Morgan fingerprint density at radius 3 is 2.65 bits per heavy atom. The number of hydrogen-bond acceptors (Lipinski definition) is 4. The van der Waals surface area contributed by atoms with Crippen LogP contribution in [0.2, 0.25) is 5.02 Å². The van der Waals surface area contributed by atoms with Crippen LogP contribution in [-0.2, 0) is 4.79 Å². The first-order valence-corrected chi connectivity index (χ1v) is 8.29. The molecule has 0 atom stereocenters. The van der Waals surface area contributed by atoms with Crippen molar-refractivity contribution in [2.45, 2.75) is 18.9 Å². The molecule has 2 heterocycles. The minimum absolute atomic E-state index is 0.0201. The second-order valence-corrected chi connectivity index (χ2v) is 6.55. The molecule has 0 radical (unpaired) electrons. The molecule has 0 amide bonds. The number of aryl methyl sites for hydroxylation is 2. The van der Waals surface area contributed by atoms with Crippen LogP contribution < -0.4 is 0 Å². The summed E-state index contributed by atoms with van der Waals surface area (Å²) in [5.41, 5.74) is 4.29. The predicted octanol–water partition coefficient (Wildman–Crippen LogP) is 3.84. The standard InChI is InChI=1S/C16H14ClN3O2S/c1-9-7-13(23-8-14(21)22)20-16(18-9)15(10(2)19-20)11-3-5-12(17)6-4-11/h3-7H,8H2,1-2H3,(H,21,22). The van der Waals surface area contributed by atoms with E-state index in [9.17, 15) is 4.79 Å². The number of fused-ring (bicyclic) bond motifs is 1. The maximum atomic E-state index is 10.8. The van der Waals surface area contributed by atoms with Gasteiger partial charge in [0.1, 0.15) is 5.03 Å². The van der Waals surface area contributed by atoms with E-state index in [0.717, 1.165) is 33.2 Å². The summed E-state index contributed by atoms with van der Waals surface area (Å²) in [6.07, 6.45) is 0. The molecule has 3 aromatic rings. The van der Waals surface area contributed by atoms with Crippen molar-refractivity contribution in [3.8, 4) is 11.1 Å². The van der Waals surface area contributed by atoms with E-state index in [1.807, 2.05) is 44.2 Å². The van der Waals surface area contributed by atoms with Crippen molar-refractivity contribution in [1.29, 1.82) is 0 Å². The number of carboxylic acids is 1. The molecule has 0 saturated carbocycles. The largest absolute Gasteiger partial charge is 0.481 e. The molecule has 0 spiro atoms. The van der Waals surface area contributed by atoms with Crippen molar-refractivity contribution in [2.24, 2.45) is 0 Å². The molecular formula is C16H14ClN3O2S. The summed E-state index contributed by atoms with van der Waals surface area (Å²) in [7, 11) is 0. The Labute approximate surface area is 142 Å². The highest BCUT2D eigenvalue weighted by atomic mass is 35.5. The van der Waals surface area contributed by atoms with Crippen molar-refractivity contribution >= 4 is 35.0 Å². The van der Waals surface area contributed by atoms with Crippen LogP contribution >= 0.6 is 23.4 Å². The van der Waals surface area contributed by atoms with Crippen LogP contribution in [-0.4, -0.2) is 31.4 Å². The number of nitrogens with zero attached hydrogens (tertiary/aromatic N) is 3. The van der Waals surface area contributed by atoms with Gasteiger partial charge in [-0.15, -0.1) is 0 Å². The van der Waals surface area contributed by atoms with E-state index in [4.69, 9.17) is 16.7 Å². The second-order valence-electron chi connectivity index (χ2n) is 5.12. The van der Waals surface area contributed by atoms with Crippen molar-refractivity contribution in [2.75, 3.05) is 5.75 Å². The molecule has 23 heavy (non-hydrogen) atoms. The Morgan fingerprint density at radius 1 is 1.30 bits per heavy atom. The summed E-state index contributed by atoms with van der Waals surface area (Å²) < 4.78 is 1.71. The fourth-order valence-electron chi connectivity index (χ4n) is 2.40. The average Bonchev–Trinajstić information content (AvgIpc) is 2.82. The van der Waals surface area contributed by atoms with Crippen molar-refractivity contribution in [3.05, 3.63) is 46.7 Å². The van der Waals surface area contributed by atoms with Crippen molar-refractivity contribution < 1.29 is 9.90 Å². The molecule has 5 nitrogen and oxygen atoms in total. The van der Waals surface area contributed by atoms with E-state index in [1.54, 1.807) is 4.52 Å². The molecule has 118 valence electrons. The molecule has 0 fully saturated rings. The zero-order valence-electron chi connectivity index (χ0n) is 12.6. The molecule has 7 heteroatoms. The number of carbonyl (C=O) groups is 1. The number of aliphatic carboxylic acids is 1. The van der Waals surface area contributed by atoms with Crippen LogP contribution in [0.1, 0.15) is 11.4 Å². The molecule has 0 aliphatic heterocycles. The third-order valence-corrected chi connectivity index (χ3v) is 4.57. The van der Waals surface area contributed by atoms with Gasteiger partial charge in [0.2, 0.25) is 0 Å². The number of halogens is 1. The van der Waals surface area contributed by atoms with Crippen molar-refractivity contribution in [3.63, 3.8) is 0 Å². The van der Waals surface area contributed by atoms with Gasteiger partial charge in [-0.05, 0) is 37.6 Å². The van der Waals surface area contributed by atoms with Gasteiger partial charge in [-0.1, -0.05) is 35.5 Å². The average molecular weight is 348 g/mol. The quantitative estimate of drug-likeness (QED) is 0.573.